The Balaban J connectivity index is 2.52. The molecule has 1 rings (SSSR count). The van der Waals surface area contributed by atoms with Crippen LogP contribution < -0.4 is 5.32 Å². The van der Waals surface area contributed by atoms with E-state index in [-0.39, 0.29) is 0 Å². The summed E-state index contributed by atoms with van der Waals surface area (Å²) in [5.74, 6) is 2.60. The van der Waals surface area contributed by atoms with Gasteiger partial charge in [-0.05, 0) is 24.6 Å². The molecule has 74 valence electrons. The molecule has 0 aromatic heterocycles. The van der Waals surface area contributed by atoms with Crippen molar-refractivity contribution >= 4 is 11.6 Å². The van der Waals surface area contributed by atoms with Gasteiger partial charge in [0.25, 0.3) is 0 Å². The number of terminal acetylenes is 1. The molecule has 1 aromatic rings. The van der Waals surface area contributed by atoms with E-state index in [4.69, 9.17) is 18.0 Å². The maximum atomic E-state index is 5.89. The molecule has 0 aliphatic carbocycles. The summed E-state index contributed by atoms with van der Waals surface area (Å²) in [5, 5.41) is 4.10. The third-order valence-electron chi connectivity index (χ3n) is 2.07. The molecule has 1 N–H and O–H groups in total. The van der Waals surface area contributed by atoms with Gasteiger partial charge in [0.05, 0.1) is 0 Å². The minimum Gasteiger partial charge on any atom is -0.309 e. The molecule has 0 heterocycles. The van der Waals surface area contributed by atoms with Crippen molar-refractivity contribution in [2.24, 2.45) is 0 Å². The summed E-state index contributed by atoms with van der Waals surface area (Å²) < 4.78 is 0. The summed E-state index contributed by atoms with van der Waals surface area (Å²) in [7, 11) is 0. The highest BCUT2D eigenvalue weighted by atomic mass is 35.5. The zero-order chi connectivity index (χ0) is 10.4. The molecule has 0 aliphatic heterocycles. The van der Waals surface area contributed by atoms with Crippen molar-refractivity contribution in [3.63, 3.8) is 0 Å². The van der Waals surface area contributed by atoms with Crippen LogP contribution in [0.25, 0.3) is 0 Å². The predicted octanol–water partition coefficient (Wildman–Crippen LogP) is 3.01. The third-order valence-corrected chi connectivity index (χ3v) is 2.30. The fraction of sp³-hybridized carbons (Fsp3) is 0.333. The molecular weight excluding hydrogens is 194 g/mol. The molecule has 1 aromatic carbocycles. The second-order valence-electron chi connectivity index (χ2n) is 3.18. The highest BCUT2D eigenvalue weighted by Gasteiger charge is 2.03. The molecule has 1 atom stereocenters. The van der Waals surface area contributed by atoms with Gasteiger partial charge in [0, 0.05) is 24.0 Å². The van der Waals surface area contributed by atoms with Gasteiger partial charge in [-0.15, -0.1) is 12.3 Å². The topological polar surface area (TPSA) is 12.0 Å². The number of hydrogen-bond donors (Lipinski definition) is 1. The summed E-state index contributed by atoms with van der Waals surface area (Å²) in [5.41, 5.74) is 1.19. The molecule has 1 nitrogen and oxygen atoms in total. The maximum absolute atomic E-state index is 5.89. The Hall–Kier alpha value is -0.970. The van der Waals surface area contributed by atoms with E-state index < -0.39 is 0 Å². The van der Waals surface area contributed by atoms with Crippen LogP contribution >= 0.6 is 11.6 Å². The van der Waals surface area contributed by atoms with Crippen LogP contribution in [-0.2, 0) is 0 Å². The fourth-order valence-corrected chi connectivity index (χ4v) is 1.45. The lowest BCUT2D eigenvalue weighted by Gasteiger charge is -2.13. The number of rotatable bonds is 4. The predicted molar refractivity (Wildman–Crippen MR) is 61.3 cm³/mol. The minimum absolute atomic E-state index is 0.294. The largest absolute Gasteiger partial charge is 0.309 e. The van der Waals surface area contributed by atoms with E-state index in [1.165, 1.54) is 5.56 Å². The summed E-state index contributed by atoms with van der Waals surface area (Å²) in [6.45, 7) is 2.94. The monoisotopic (exact) mass is 207 g/mol. The zero-order valence-corrected chi connectivity index (χ0v) is 9.01. The van der Waals surface area contributed by atoms with Gasteiger partial charge in [0.1, 0.15) is 0 Å². The van der Waals surface area contributed by atoms with E-state index >= 15 is 0 Å². The molecule has 0 fully saturated rings. The van der Waals surface area contributed by atoms with Crippen LogP contribution in [0.15, 0.2) is 24.3 Å². The van der Waals surface area contributed by atoms with Crippen LogP contribution in [0, 0.1) is 12.3 Å². The summed E-state index contributed by atoms with van der Waals surface area (Å²) >= 11 is 5.89. The smallest absolute Gasteiger partial charge is 0.0409 e. The molecule has 1 unspecified atom stereocenters. The minimum atomic E-state index is 0.294. The van der Waals surface area contributed by atoms with Gasteiger partial charge in [-0.25, -0.2) is 0 Å². The van der Waals surface area contributed by atoms with Gasteiger partial charge in [0.2, 0.25) is 0 Å². The molecule has 0 bridgehead atoms. The summed E-state index contributed by atoms with van der Waals surface area (Å²) in [6, 6.07) is 8.15. The normalized spacial score (nSPS) is 12.1. The Morgan fingerprint density at radius 3 is 3.00 bits per heavy atom. The average molecular weight is 208 g/mol. The maximum Gasteiger partial charge on any atom is 0.0409 e. The van der Waals surface area contributed by atoms with E-state index in [9.17, 15) is 0 Å². The Labute approximate surface area is 90.5 Å². The van der Waals surface area contributed by atoms with Crippen molar-refractivity contribution in [1.82, 2.24) is 5.32 Å². The molecule has 2 heteroatoms. The lowest BCUT2D eigenvalue weighted by atomic mass is 10.1. The first-order chi connectivity index (χ1) is 6.74. The van der Waals surface area contributed by atoms with Gasteiger partial charge in [-0.3, -0.25) is 0 Å². The summed E-state index contributed by atoms with van der Waals surface area (Å²) in [6.07, 6.45) is 5.92. The highest BCUT2D eigenvalue weighted by molar-refractivity contribution is 6.30. The van der Waals surface area contributed by atoms with E-state index in [1.807, 2.05) is 18.2 Å². The first kappa shape index (κ1) is 11.1. The lowest BCUT2D eigenvalue weighted by Crippen LogP contribution is -2.19. The number of nitrogens with one attached hydrogen (secondary N) is 1. The van der Waals surface area contributed by atoms with Gasteiger partial charge < -0.3 is 5.32 Å². The molecule has 0 radical (unpaired) electrons. The molecule has 0 amide bonds. The molecular formula is C12H14ClN. The van der Waals surface area contributed by atoms with Crippen LogP contribution in [0.5, 0.6) is 0 Å². The number of halogens is 1. The van der Waals surface area contributed by atoms with Crippen LogP contribution in [0.2, 0.25) is 5.02 Å². The Morgan fingerprint density at radius 2 is 2.36 bits per heavy atom. The van der Waals surface area contributed by atoms with Crippen molar-refractivity contribution in [2.45, 2.75) is 19.4 Å². The van der Waals surface area contributed by atoms with Gasteiger partial charge in [0.15, 0.2) is 0 Å². The Kier molecular flexibility index (Phi) is 4.52. The Morgan fingerprint density at radius 1 is 1.57 bits per heavy atom. The highest BCUT2D eigenvalue weighted by Crippen LogP contribution is 2.16. The second-order valence-corrected chi connectivity index (χ2v) is 3.62. The van der Waals surface area contributed by atoms with Gasteiger partial charge in [-0.1, -0.05) is 23.7 Å². The first-order valence-corrected chi connectivity index (χ1v) is 5.04. The zero-order valence-electron chi connectivity index (χ0n) is 8.26. The van der Waals surface area contributed by atoms with Crippen LogP contribution in [0.4, 0.5) is 0 Å². The molecule has 14 heavy (non-hydrogen) atoms. The van der Waals surface area contributed by atoms with Crippen molar-refractivity contribution in [1.29, 1.82) is 0 Å². The molecule has 0 aliphatic rings. The average Bonchev–Trinajstić information content (AvgIpc) is 2.18. The van der Waals surface area contributed by atoms with E-state index in [0.717, 1.165) is 18.0 Å². The fourth-order valence-electron chi connectivity index (χ4n) is 1.25. The van der Waals surface area contributed by atoms with Crippen molar-refractivity contribution in [3.05, 3.63) is 34.9 Å². The lowest BCUT2D eigenvalue weighted by molar-refractivity contribution is 0.584. The van der Waals surface area contributed by atoms with Gasteiger partial charge >= 0.3 is 0 Å². The molecule has 0 spiro atoms. The van der Waals surface area contributed by atoms with E-state index in [2.05, 4.69) is 24.2 Å². The summed E-state index contributed by atoms with van der Waals surface area (Å²) in [4.78, 5) is 0. The van der Waals surface area contributed by atoms with E-state index in [0.29, 0.717) is 6.04 Å². The quantitative estimate of drug-likeness (QED) is 0.591. The third kappa shape index (κ3) is 3.41. The number of hydrogen-bond acceptors (Lipinski definition) is 1. The van der Waals surface area contributed by atoms with Crippen molar-refractivity contribution in [3.8, 4) is 12.3 Å². The SMILES string of the molecule is C#CCCNC(C)c1cccc(Cl)c1. The van der Waals surface area contributed by atoms with Crippen LogP contribution in [0.3, 0.4) is 0 Å². The number of benzene rings is 1. The standard InChI is InChI=1S/C12H14ClN/c1-3-4-8-14-10(2)11-6-5-7-12(13)9-11/h1,5-7,9-10,14H,4,8H2,2H3. The van der Waals surface area contributed by atoms with E-state index in [1.54, 1.807) is 0 Å². The molecule has 0 saturated carbocycles. The van der Waals surface area contributed by atoms with Crippen molar-refractivity contribution < 1.29 is 0 Å². The first-order valence-electron chi connectivity index (χ1n) is 4.66. The van der Waals surface area contributed by atoms with Crippen LogP contribution in [-0.4, -0.2) is 6.54 Å². The van der Waals surface area contributed by atoms with Crippen LogP contribution in [0.1, 0.15) is 24.9 Å². The Bertz CT molecular complexity index is 327. The van der Waals surface area contributed by atoms with Crippen molar-refractivity contribution in [2.75, 3.05) is 6.54 Å². The second kappa shape index (κ2) is 5.70. The van der Waals surface area contributed by atoms with Gasteiger partial charge in [-0.2, -0.15) is 0 Å². The molecule has 0 saturated heterocycles.